The Labute approximate surface area is 156 Å². The molecule has 2 rings (SSSR count). The van der Waals surface area contributed by atoms with Crippen molar-refractivity contribution in [2.75, 3.05) is 20.8 Å². The molecule has 0 unspecified atom stereocenters. The summed E-state index contributed by atoms with van der Waals surface area (Å²) in [7, 11) is 3.02. The lowest BCUT2D eigenvalue weighted by molar-refractivity contribution is 0.0954. The van der Waals surface area contributed by atoms with Crippen LogP contribution in [0.15, 0.2) is 41.5 Å². The average Bonchev–Trinajstić information content (AvgIpc) is 2.66. The quantitative estimate of drug-likeness (QED) is 0.460. The molecule has 26 heavy (non-hydrogen) atoms. The van der Waals surface area contributed by atoms with E-state index in [-0.39, 0.29) is 12.5 Å². The van der Waals surface area contributed by atoms with Crippen molar-refractivity contribution in [3.8, 4) is 29.6 Å². The number of rotatable bonds is 7. The zero-order valence-corrected chi connectivity index (χ0v) is 15.0. The Hall–Kier alpha value is -3.17. The van der Waals surface area contributed by atoms with E-state index in [2.05, 4.69) is 16.4 Å². The molecule has 6 nitrogen and oxygen atoms in total. The van der Waals surface area contributed by atoms with E-state index < -0.39 is 0 Å². The lowest BCUT2D eigenvalue weighted by atomic mass is 10.2. The summed E-state index contributed by atoms with van der Waals surface area (Å²) in [5.74, 6) is 3.45. The van der Waals surface area contributed by atoms with E-state index in [0.29, 0.717) is 33.4 Å². The smallest absolute Gasteiger partial charge is 0.271 e. The summed E-state index contributed by atoms with van der Waals surface area (Å²) in [5.41, 5.74) is 3.51. The molecule has 0 aliphatic rings. The summed E-state index contributed by atoms with van der Waals surface area (Å²) in [6.45, 7) is 0.133. The van der Waals surface area contributed by atoms with E-state index in [1.54, 1.807) is 36.4 Å². The molecule has 2 aromatic carbocycles. The predicted octanol–water partition coefficient (Wildman–Crippen LogP) is 3.13. The van der Waals surface area contributed by atoms with Gasteiger partial charge in [-0.1, -0.05) is 17.5 Å². The van der Waals surface area contributed by atoms with Gasteiger partial charge in [-0.15, -0.1) is 6.42 Å². The number of hydrogen-bond acceptors (Lipinski definition) is 5. The van der Waals surface area contributed by atoms with Crippen LogP contribution in [0.4, 0.5) is 0 Å². The minimum absolute atomic E-state index is 0.133. The van der Waals surface area contributed by atoms with Crippen molar-refractivity contribution in [3.05, 3.63) is 52.5 Å². The molecule has 0 saturated carbocycles. The third-order valence-electron chi connectivity index (χ3n) is 3.29. The number of nitrogens with one attached hydrogen (secondary N) is 1. The molecule has 0 fully saturated rings. The first-order chi connectivity index (χ1) is 12.6. The molecular formula is C19H17ClN2O4. The number of halogens is 1. The Morgan fingerprint density at radius 3 is 2.58 bits per heavy atom. The minimum Gasteiger partial charge on any atom is -0.493 e. The molecule has 0 heterocycles. The van der Waals surface area contributed by atoms with Crippen molar-refractivity contribution in [2.45, 2.75) is 0 Å². The number of nitrogens with zero attached hydrogens (tertiary/aromatic N) is 1. The lowest BCUT2D eigenvalue weighted by Crippen LogP contribution is -2.17. The Kier molecular flexibility index (Phi) is 6.89. The number of ether oxygens (including phenoxy) is 3. The largest absolute Gasteiger partial charge is 0.493 e. The maximum Gasteiger partial charge on any atom is 0.271 e. The SMILES string of the molecule is C#CCOc1ccc(/C=N/NC(=O)c2ccc(OC)c(OC)c2)cc1Cl. The third kappa shape index (κ3) is 4.91. The fraction of sp³-hybridized carbons (Fsp3) is 0.158. The van der Waals surface area contributed by atoms with Gasteiger partial charge in [-0.05, 0) is 42.0 Å². The van der Waals surface area contributed by atoms with Gasteiger partial charge in [-0.3, -0.25) is 4.79 Å². The highest BCUT2D eigenvalue weighted by Crippen LogP contribution is 2.27. The standard InChI is InChI=1S/C19H17ClN2O4/c1-4-9-26-16-7-5-13(10-15(16)20)12-21-22-19(23)14-6-8-17(24-2)18(11-14)25-3/h1,5-8,10-12H,9H2,2-3H3,(H,22,23)/b21-12+. The second-order valence-corrected chi connectivity index (χ2v) is 5.36. The summed E-state index contributed by atoms with van der Waals surface area (Å²) in [5, 5.41) is 4.32. The van der Waals surface area contributed by atoms with Crippen molar-refractivity contribution in [1.82, 2.24) is 5.43 Å². The second-order valence-electron chi connectivity index (χ2n) is 4.95. The monoisotopic (exact) mass is 372 g/mol. The highest BCUT2D eigenvalue weighted by molar-refractivity contribution is 6.32. The summed E-state index contributed by atoms with van der Waals surface area (Å²) in [6.07, 6.45) is 6.61. The molecular weight excluding hydrogens is 356 g/mol. The van der Waals surface area contributed by atoms with Crippen LogP contribution in [-0.2, 0) is 0 Å². The molecule has 0 bridgehead atoms. The molecule has 2 aromatic rings. The van der Waals surface area contributed by atoms with E-state index in [9.17, 15) is 4.79 Å². The van der Waals surface area contributed by atoms with Gasteiger partial charge in [0.05, 0.1) is 25.5 Å². The van der Waals surface area contributed by atoms with Gasteiger partial charge in [-0.25, -0.2) is 5.43 Å². The summed E-state index contributed by atoms with van der Waals surface area (Å²) in [4.78, 5) is 12.2. The Morgan fingerprint density at radius 1 is 1.19 bits per heavy atom. The van der Waals surface area contributed by atoms with E-state index in [0.717, 1.165) is 0 Å². The van der Waals surface area contributed by atoms with E-state index in [1.807, 2.05) is 0 Å². The first-order valence-electron chi connectivity index (χ1n) is 7.50. The highest BCUT2D eigenvalue weighted by Gasteiger charge is 2.10. The van der Waals surface area contributed by atoms with E-state index >= 15 is 0 Å². The van der Waals surface area contributed by atoms with Crippen molar-refractivity contribution < 1.29 is 19.0 Å². The molecule has 134 valence electrons. The average molecular weight is 373 g/mol. The normalized spacial score (nSPS) is 10.2. The number of hydrogen-bond donors (Lipinski definition) is 1. The van der Waals surface area contributed by atoms with Gasteiger partial charge in [0.1, 0.15) is 12.4 Å². The first-order valence-corrected chi connectivity index (χ1v) is 7.88. The van der Waals surface area contributed by atoms with Gasteiger partial charge >= 0.3 is 0 Å². The zero-order valence-electron chi connectivity index (χ0n) is 14.3. The number of carbonyl (C=O) groups is 1. The van der Waals surface area contributed by atoms with Crippen LogP contribution in [-0.4, -0.2) is 32.9 Å². The van der Waals surface area contributed by atoms with E-state index in [4.69, 9.17) is 32.2 Å². The van der Waals surface area contributed by atoms with Crippen LogP contribution >= 0.6 is 11.6 Å². The third-order valence-corrected chi connectivity index (χ3v) is 3.59. The number of benzene rings is 2. The zero-order chi connectivity index (χ0) is 18.9. The summed E-state index contributed by atoms with van der Waals surface area (Å²) < 4.78 is 15.6. The first kappa shape index (κ1) is 19.2. The number of hydrazone groups is 1. The second kappa shape index (κ2) is 9.35. The fourth-order valence-corrected chi connectivity index (χ4v) is 2.28. The number of methoxy groups -OCH3 is 2. The molecule has 0 atom stereocenters. The van der Waals surface area contributed by atoms with Crippen molar-refractivity contribution in [3.63, 3.8) is 0 Å². The van der Waals surface area contributed by atoms with Crippen molar-refractivity contribution in [2.24, 2.45) is 5.10 Å². The van der Waals surface area contributed by atoms with Gasteiger partial charge in [0.25, 0.3) is 5.91 Å². The van der Waals surface area contributed by atoms with Crippen molar-refractivity contribution in [1.29, 1.82) is 0 Å². The lowest BCUT2D eigenvalue weighted by Gasteiger charge is -2.08. The Morgan fingerprint density at radius 2 is 1.92 bits per heavy atom. The molecule has 0 aliphatic carbocycles. The van der Waals surface area contributed by atoms with Crippen LogP contribution in [0.3, 0.4) is 0 Å². The molecule has 0 aromatic heterocycles. The summed E-state index contributed by atoms with van der Waals surface area (Å²) in [6, 6.07) is 9.89. The van der Waals surface area contributed by atoms with Gasteiger partial charge in [0, 0.05) is 5.56 Å². The Bertz CT molecular complexity index is 859. The molecule has 0 aliphatic heterocycles. The van der Waals surface area contributed by atoms with Gasteiger partial charge in [0.15, 0.2) is 11.5 Å². The maximum atomic E-state index is 12.2. The minimum atomic E-state index is -0.387. The molecule has 7 heteroatoms. The highest BCUT2D eigenvalue weighted by atomic mass is 35.5. The number of terminal acetylenes is 1. The van der Waals surface area contributed by atoms with Crippen LogP contribution in [0, 0.1) is 12.3 Å². The molecule has 1 N–H and O–H groups in total. The van der Waals surface area contributed by atoms with Crippen LogP contribution in [0.25, 0.3) is 0 Å². The molecule has 0 spiro atoms. The van der Waals surface area contributed by atoms with Crippen LogP contribution in [0.1, 0.15) is 15.9 Å². The van der Waals surface area contributed by atoms with Crippen LogP contribution < -0.4 is 19.6 Å². The topological polar surface area (TPSA) is 69.2 Å². The van der Waals surface area contributed by atoms with Gasteiger partial charge in [-0.2, -0.15) is 5.10 Å². The van der Waals surface area contributed by atoms with Crippen LogP contribution in [0.2, 0.25) is 5.02 Å². The molecule has 1 amide bonds. The summed E-state index contributed by atoms with van der Waals surface area (Å²) >= 11 is 6.10. The van der Waals surface area contributed by atoms with Gasteiger partial charge < -0.3 is 14.2 Å². The fourth-order valence-electron chi connectivity index (χ4n) is 2.04. The molecule has 0 saturated heterocycles. The maximum absolute atomic E-state index is 12.2. The number of amides is 1. The molecule has 0 radical (unpaired) electrons. The Balaban J connectivity index is 2.03. The predicted molar refractivity (Wildman–Crippen MR) is 100 cm³/mol. The number of carbonyl (C=O) groups excluding carboxylic acids is 1. The van der Waals surface area contributed by atoms with E-state index in [1.165, 1.54) is 20.4 Å². The van der Waals surface area contributed by atoms with Crippen molar-refractivity contribution >= 4 is 23.7 Å². The van der Waals surface area contributed by atoms with Gasteiger partial charge in [0.2, 0.25) is 0 Å². The van der Waals surface area contributed by atoms with Crippen LogP contribution in [0.5, 0.6) is 17.2 Å².